The van der Waals surface area contributed by atoms with E-state index < -0.39 is 6.10 Å². The van der Waals surface area contributed by atoms with E-state index in [1.165, 1.54) is 11.5 Å². The standard InChI is InChI=1S/C9H11N3OS/c1-2-12-5-4-10-9(12)8(13)7-3-6-14-11-7/h3-6,8,13H,2H2,1H3. The van der Waals surface area contributed by atoms with Gasteiger partial charge in [-0.2, -0.15) is 4.37 Å². The molecular weight excluding hydrogens is 198 g/mol. The third-order valence-electron chi connectivity index (χ3n) is 2.07. The van der Waals surface area contributed by atoms with Crippen molar-refractivity contribution < 1.29 is 5.11 Å². The molecule has 1 N–H and O–H groups in total. The Kier molecular flexibility index (Phi) is 2.60. The Hall–Kier alpha value is -1.20. The molecule has 5 heteroatoms. The van der Waals surface area contributed by atoms with Crippen LogP contribution in [0.25, 0.3) is 0 Å². The van der Waals surface area contributed by atoms with Crippen molar-refractivity contribution in [1.29, 1.82) is 0 Å². The molecule has 0 bridgehead atoms. The molecule has 4 nitrogen and oxygen atoms in total. The molecule has 2 aromatic heterocycles. The maximum absolute atomic E-state index is 9.94. The lowest BCUT2D eigenvalue weighted by Gasteiger charge is -2.09. The Balaban J connectivity index is 2.31. The van der Waals surface area contributed by atoms with Crippen molar-refractivity contribution >= 4 is 11.5 Å². The maximum Gasteiger partial charge on any atom is 0.155 e. The summed E-state index contributed by atoms with van der Waals surface area (Å²) < 4.78 is 5.99. The number of hydrogen-bond acceptors (Lipinski definition) is 4. The first kappa shape index (κ1) is 9.36. The zero-order valence-electron chi connectivity index (χ0n) is 7.79. The van der Waals surface area contributed by atoms with Crippen LogP contribution in [0.2, 0.25) is 0 Å². The van der Waals surface area contributed by atoms with Crippen molar-refractivity contribution in [2.75, 3.05) is 0 Å². The topological polar surface area (TPSA) is 50.9 Å². The first-order valence-electron chi connectivity index (χ1n) is 4.42. The average molecular weight is 209 g/mol. The number of imidazole rings is 1. The van der Waals surface area contributed by atoms with Gasteiger partial charge in [-0.05, 0) is 24.5 Å². The van der Waals surface area contributed by atoms with Crippen LogP contribution in [0.5, 0.6) is 0 Å². The predicted octanol–water partition coefficient (Wildman–Crippen LogP) is 1.44. The first-order chi connectivity index (χ1) is 6.83. The van der Waals surface area contributed by atoms with E-state index >= 15 is 0 Å². The van der Waals surface area contributed by atoms with Gasteiger partial charge in [-0.3, -0.25) is 0 Å². The fourth-order valence-corrected chi connectivity index (χ4v) is 1.87. The van der Waals surface area contributed by atoms with E-state index in [9.17, 15) is 5.11 Å². The second-order valence-corrected chi connectivity index (χ2v) is 3.56. The molecule has 1 atom stereocenters. The first-order valence-corrected chi connectivity index (χ1v) is 5.26. The molecule has 0 aliphatic heterocycles. The van der Waals surface area contributed by atoms with Crippen molar-refractivity contribution in [2.24, 2.45) is 0 Å². The Labute approximate surface area is 86.0 Å². The van der Waals surface area contributed by atoms with E-state index in [1.807, 2.05) is 29.1 Å². The van der Waals surface area contributed by atoms with Crippen molar-refractivity contribution in [1.82, 2.24) is 13.9 Å². The summed E-state index contributed by atoms with van der Waals surface area (Å²) in [7, 11) is 0. The molecule has 74 valence electrons. The van der Waals surface area contributed by atoms with Gasteiger partial charge >= 0.3 is 0 Å². The van der Waals surface area contributed by atoms with Crippen LogP contribution in [0.3, 0.4) is 0 Å². The Bertz CT molecular complexity index is 396. The summed E-state index contributed by atoms with van der Waals surface area (Å²) in [6.07, 6.45) is 2.83. The Morgan fingerprint density at radius 1 is 1.64 bits per heavy atom. The van der Waals surface area contributed by atoms with Crippen LogP contribution in [0.15, 0.2) is 23.8 Å². The highest BCUT2D eigenvalue weighted by Crippen LogP contribution is 2.19. The lowest BCUT2D eigenvalue weighted by molar-refractivity contribution is 0.201. The molecule has 0 aliphatic rings. The van der Waals surface area contributed by atoms with Gasteiger partial charge in [0.2, 0.25) is 0 Å². The van der Waals surface area contributed by atoms with Crippen LogP contribution in [0.1, 0.15) is 24.5 Å². The summed E-state index contributed by atoms with van der Waals surface area (Å²) in [5.41, 5.74) is 0.663. The third-order valence-corrected chi connectivity index (χ3v) is 2.64. The number of aliphatic hydroxyl groups is 1. The predicted molar refractivity (Wildman–Crippen MR) is 54.1 cm³/mol. The summed E-state index contributed by atoms with van der Waals surface area (Å²) in [5.74, 6) is 0.651. The van der Waals surface area contributed by atoms with Gasteiger partial charge < -0.3 is 9.67 Å². The van der Waals surface area contributed by atoms with Gasteiger partial charge in [0.1, 0.15) is 5.82 Å². The van der Waals surface area contributed by atoms with E-state index in [0.29, 0.717) is 11.5 Å². The van der Waals surface area contributed by atoms with Crippen molar-refractivity contribution in [3.8, 4) is 0 Å². The molecule has 0 saturated carbocycles. The Morgan fingerprint density at radius 2 is 2.50 bits per heavy atom. The van der Waals surface area contributed by atoms with Crippen LogP contribution in [-0.2, 0) is 6.54 Å². The lowest BCUT2D eigenvalue weighted by Crippen LogP contribution is -2.08. The van der Waals surface area contributed by atoms with Crippen molar-refractivity contribution in [3.05, 3.63) is 35.4 Å². The van der Waals surface area contributed by atoms with Crippen LogP contribution >= 0.6 is 11.5 Å². The zero-order chi connectivity index (χ0) is 9.97. The van der Waals surface area contributed by atoms with Gasteiger partial charge in [-0.15, -0.1) is 0 Å². The number of aryl methyl sites for hydroxylation is 1. The number of rotatable bonds is 3. The van der Waals surface area contributed by atoms with Gasteiger partial charge in [0.15, 0.2) is 6.10 Å². The van der Waals surface area contributed by atoms with Gasteiger partial charge in [0.05, 0.1) is 5.69 Å². The minimum Gasteiger partial charge on any atom is -0.379 e. The van der Waals surface area contributed by atoms with E-state index in [2.05, 4.69) is 9.36 Å². The molecule has 0 aromatic carbocycles. The minimum atomic E-state index is -0.712. The summed E-state index contributed by atoms with van der Waals surface area (Å²) in [5, 5.41) is 11.8. The zero-order valence-corrected chi connectivity index (χ0v) is 8.61. The molecule has 0 fully saturated rings. The number of nitrogens with zero attached hydrogens (tertiary/aromatic N) is 3. The van der Waals surface area contributed by atoms with Crippen LogP contribution < -0.4 is 0 Å². The summed E-state index contributed by atoms with van der Waals surface area (Å²) in [6, 6.07) is 1.81. The molecule has 14 heavy (non-hydrogen) atoms. The largest absolute Gasteiger partial charge is 0.379 e. The molecule has 2 heterocycles. The highest BCUT2D eigenvalue weighted by atomic mass is 32.1. The maximum atomic E-state index is 9.94. The highest BCUT2D eigenvalue weighted by molar-refractivity contribution is 7.03. The quantitative estimate of drug-likeness (QED) is 0.832. The van der Waals surface area contributed by atoms with Gasteiger partial charge in [-0.1, -0.05) is 0 Å². The molecule has 0 spiro atoms. The van der Waals surface area contributed by atoms with E-state index in [4.69, 9.17) is 0 Å². The summed E-state index contributed by atoms with van der Waals surface area (Å²) in [6.45, 7) is 2.81. The van der Waals surface area contributed by atoms with E-state index in [-0.39, 0.29) is 0 Å². The molecule has 0 aliphatic carbocycles. The number of aliphatic hydroxyl groups excluding tert-OH is 1. The monoisotopic (exact) mass is 209 g/mol. The van der Waals surface area contributed by atoms with E-state index in [1.54, 1.807) is 6.20 Å². The van der Waals surface area contributed by atoms with Gasteiger partial charge in [0, 0.05) is 24.3 Å². The fourth-order valence-electron chi connectivity index (χ4n) is 1.33. The average Bonchev–Trinajstić information content (AvgIpc) is 2.87. The van der Waals surface area contributed by atoms with E-state index in [0.717, 1.165) is 6.54 Å². The van der Waals surface area contributed by atoms with Crippen LogP contribution in [0, 0.1) is 0 Å². The second kappa shape index (κ2) is 3.89. The SMILES string of the molecule is CCn1ccnc1C(O)c1ccsn1. The van der Waals surface area contributed by atoms with Crippen LogP contribution in [-0.4, -0.2) is 19.0 Å². The van der Waals surface area contributed by atoms with Crippen molar-refractivity contribution in [2.45, 2.75) is 19.6 Å². The molecule has 0 radical (unpaired) electrons. The van der Waals surface area contributed by atoms with Crippen molar-refractivity contribution in [3.63, 3.8) is 0 Å². The summed E-state index contributed by atoms with van der Waals surface area (Å²) >= 11 is 1.33. The van der Waals surface area contributed by atoms with Gasteiger partial charge in [0.25, 0.3) is 0 Å². The minimum absolute atomic E-state index is 0.651. The molecule has 0 amide bonds. The normalized spacial score (nSPS) is 13.0. The highest BCUT2D eigenvalue weighted by Gasteiger charge is 2.16. The lowest BCUT2D eigenvalue weighted by atomic mass is 10.2. The van der Waals surface area contributed by atoms with Gasteiger partial charge in [-0.25, -0.2) is 4.98 Å². The molecule has 2 aromatic rings. The third kappa shape index (κ3) is 1.56. The second-order valence-electron chi connectivity index (χ2n) is 2.90. The summed E-state index contributed by atoms with van der Waals surface area (Å²) in [4.78, 5) is 4.12. The van der Waals surface area contributed by atoms with Crippen LogP contribution in [0.4, 0.5) is 0 Å². The Morgan fingerprint density at radius 3 is 3.14 bits per heavy atom. The smallest absolute Gasteiger partial charge is 0.155 e. The molecule has 2 rings (SSSR count). The number of hydrogen-bond donors (Lipinski definition) is 1. The fraction of sp³-hybridized carbons (Fsp3) is 0.333. The molecule has 1 unspecified atom stereocenters. The molecule has 0 saturated heterocycles. The molecular formula is C9H11N3OS. The number of aromatic nitrogens is 3.